The van der Waals surface area contributed by atoms with Gasteiger partial charge >= 0.3 is 0 Å². The van der Waals surface area contributed by atoms with E-state index in [0.29, 0.717) is 0 Å². The molecule has 2 aliphatic rings. The fourth-order valence-electron chi connectivity index (χ4n) is 5.29. The first kappa shape index (κ1) is 18.3. The number of hydrogen-bond acceptors (Lipinski definition) is 1. The predicted octanol–water partition coefficient (Wildman–Crippen LogP) is 5.77. The monoisotopic (exact) mass is 358 g/mol. The van der Waals surface area contributed by atoms with E-state index in [-0.39, 0.29) is 0 Å². The van der Waals surface area contributed by atoms with Gasteiger partial charge in [-0.1, -0.05) is 92.7 Å². The van der Waals surface area contributed by atoms with Crippen molar-refractivity contribution in [3.63, 3.8) is 0 Å². The van der Waals surface area contributed by atoms with E-state index in [1.165, 1.54) is 63.1 Å². The van der Waals surface area contributed by atoms with E-state index in [1.807, 2.05) is 0 Å². The fourth-order valence-corrected chi connectivity index (χ4v) is 12.2. The van der Waals surface area contributed by atoms with Gasteiger partial charge in [0.2, 0.25) is 0 Å². The summed E-state index contributed by atoms with van der Waals surface area (Å²) in [5, 5.41) is 1.73. The first-order chi connectivity index (χ1) is 11.7. The van der Waals surface area contributed by atoms with Crippen LogP contribution in [0.5, 0.6) is 0 Å². The van der Waals surface area contributed by atoms with E-state index in [1.54, 1.807) is 5.19 Å². The summed E-state index contributed by atoms with van der Waals surface area (Å²) in [5.74, 6) is 1.83. The molecule has 0 bridgehead atoms. The van der Waals surface area contributed by atoms with Gasteiger partial charge in [-0.15, -0.1) is 0 Å². The molecule has 2 heterocycles. The second kappa shape index (κ2) is 8.71. The normalized spacial score (nSPS) is 28.9. The lowest BCUT2D eigenvalue weighted by atomic mass is 9.83. The second-order valence-corrected chi connectivity index (χ2v) is 15.0. The van der Waals surface area contributed by atoms with E-state index in [2.05, 4.69) is 37.3 Å². The van der Waals surface area contributed by atoms with Crippen molar-refractivity contribution in [1.29, 1.82) is 0 Å². The Bertz CT molecular complexity index is 510. The lowest BCUT2D eigenvalue weighted by Gasteiger charge is -2.42. The molecule has 0 aliphatic carbocycles. The number of hydrogen-bond donors (Lipinski definition) is 0. The van der Waals surface area contributed by atoms with Crippen LogP contribution in [0.3, 0.4) is 0 Å². The van der Waals surface area contributed by atoms with Gasteiger partial charge in [0.25, 0.3) is 8.68 Å². The summed E-state index contributed by atoms with van der Waals surface area (Å²) in [7, 11) is -2.45. The topological polar surface area (TPSA) is 17.1 Å². The van der Waals surface area contributed by atoms with Crippen LogP contribution in [0.1, 0.15) is 51.9 Å². The molecule has 0 radical (unpaired) electrons. The van der Waals surface area contributed by atoms with Crippen LogP contribution in [0.2, 0.25) is 30.2 Å². The van der Waals surface area contributed by atoms with Gasteiger partial charge in [0.05, 0.1) is 8.07 Å². The van der Waals surface area contributed by atoms with E-state index < -0.39 is 16.8 Å². The third kappa shape index (κ3) is 4.34. The summed E-state index contributed by atoms with van der Waals surface area (Å²) in [6.45, 7) is 2.32. The van der Waals surface area contributed by atoms with Crippen molar-refractivity contribution < 1.29 is 4.46 Å². The van der Waals surface area contributed by atoms with Gasteiger partial charge in [-0.05, 0) is 36.8 Å². The average Bonchev–Trinajstić information content (AvgIpc) is 2.64. The zero-order chi connectivity index (χ0) is 16.8. The van der Waals surface area contributed by atoms with Crippen LogP contribution >= 0.6 is 0 Å². The lowest BCUT2D eigenvalue weighted by molar-refractivity contribution is 0.274. The van der Waals surface area contributed by atoms with Crippen molar-refractivity contribution in [3.8, 4) is 0 Å². The Morgan fingerprint density at radius 2 is 1.58 bits per heavy atom. The van der Waals surface area contributed by atoms with Crippen molar-refractivity contribution in [3.05, 3.63) is 30.3 Å². The SMILES string of the molecule is CCCCC[Si]1(c2ccccc2)CCC(C2CC[Si](=O)CC2)CC1. The van der Waals surface area contributed by atoms with Crippen LogP contribution < -0.4 is 5.19 Å². The Morgan fingerprint density at radius 1 is 0.958 bits per heavy atom. The fraction of sp³-hybridized carbons (Fsp3) is 0.714. The molecule has 3 heteroatoms. The van der Waals surface area contributed by atoms with Crippen LogP contribution in [0.15, 0.2) is 30.3 Å². The largest absolute Gasteiger partial charge is 0.388 e. The summed E-state index contributed by atoms with van der Waals surface area (Å²) < 4.78 is 11.7. The maximum Gasteiger partial charge on any atom is 0.276 e. The molecular formula is C21H34OSi2. The third-order valence-electron chi connectivity index (χ3n) is 6.89. The van der Waals surface area contributed by atoms with E-state index in [4.69, 9.17) is 0 Å². The molecular weight excluding hydrogens is 324 g/mol. The molecule has 0 aromatic heterocycles. The molecule has 2 fully saturated rings. The zero-order valence-electron chi connectivity index (χ0n) is 15.4. The standard InChI is InChI=1S/C21H34OSi2/c1-2-3-7-16-24(21-8-5-4-6-9-21)17-12-20(13-18-24)19-10-14-23(22)15-11-19/h4-6,8-9,19-20H,2-3,7,10-18H2,1H3. The smallest absolute Gasteiger partial charge is 0.276 e. The Hall–Kier alpha value is -0.546. The average molecular weight is 359 g/mol. The highest BCUT2D eigenvalue weighted by molar-refractivity contribution is 6.92. The molecule has 0 spiro atoms. The molecule has 0 N–H and O–H groups in total. The molecule has 0 amide bonds. The van der Waals surface area contributed by atoms with Crippen molar-refractivity contribution in [2.45, 2.75) is 82.1 Å². The van der Waals surface area contributed by atoms with Crippen molar-refractivity contribution in [2.24, 2.45) is 11.8 Å². The van der Waals surface area contributed by atoms with Crippen molar-refractivity contribution >= 4 is 21.9 Å². The highest BCUT2D eigenvalue weighted by Crippen LogP contribution is 2.43. The second-order valence-electron chi connectivity index (χ2n) is 8.32. The van der Waals surface area contributed by atoms with Gasteiger partial charge in [0.15, 0.2) is 0 Å². The molecule has 2 aliphatic heterocycles. The minimum absolute atomic E-state index is 0.895. The summed E-state index contributed by atoms with van der Waals surface area (Å²) in [5.41, 5.74) is 0. The molecule has 1 aromatic carbocycles. The summed E-state index contributed by atoms with van der Waals surface area (Å²) in [6, 6.07) is 18.2. The van der Waals surface area contributed by atoms with Gasteiger partial charge in [-0.2, -0.15) is 0 Å². The number of rotatable bonds is 6. The first-order valence-corrected chi connectivity index (χ1v) is 14.7. The summed E-state index contributed by atoms with van der Waals surface area (Å²) in [6.07, 6.45) is 9.62. The molecule has 132 valence electrons. The Morgan fingerprint density at radius 3 is 2.21 bits per heavy atom. The maximum atomic E-state index is 11.7. The zero-order valence-corrected chi connectivity index (χ0v) is 17.4. The van der Waals surface area contributed by atoms with E-state index in [9.17, 15) is 4.46 Å². The minimum Gasteiger partial charge on any atom is -0.388 e. The molecule has 1 aromatic rings. The molecule has 0 unspecified atom stereocenters. The summed E-state index contributed by atoms with van der Waals surface area (Å²) in [4.78, 5) is 0. The first-order valence-electron chi connectivity index (χ1n) is 10.3. The highest BCUT2D eigenvalue weighted by atomic mass is 28.3. The van der Waals surface area contributed by atoms with Gasteiger partial charge in [0.1, 0.15) is 0 Å². The number of unbranched alkanes of at least 4 members (excludes halogenated alkanes) is 2. The Kier molecular flexibility index (Phi) is 6.62. The minimum atomic E-state index is -1.27. The van der Waals surface area contributed by atoms with Crippen molar-refractivity contribution in [1.82, 2.24) is 0 Å². The maximum absolute atomic E-state index is 11.7. The molecule has 0 atom stereocenters. The van der Waals surface area contributed by atoms with Crippen LogP contribution in [0.25, 0.3) is 0 Å². The Balaban J connectivity index is 1.65. The summed E-state index contributed by atoms with van der Waals surface area (Å²) >= 11 is 0. The molecule has 3 rings (SSSR count). The van der Waals surface area contributed by atoms with E-state index >= 15 is 0 Å². The predicted molar refractivity (Wildman–Crippen MR) is 107 cm³/mol. The third-order valence-corrected chi connectivity index (χ3v) is 13.9. The van der Waals surface area contributed by atoms with Crippen LogP contribution in [0.4, 0.5) is 0 Å². The molecule has 2 saturated heterocycles. The van der Waals surface area contributed by atoms with Crippen LogP contribution in [0, 0.1) is 11.8 Å². The molecule has 1 nitrogen and oxygen atoms in total. The van der Waals surface area contributed by atoms with Crippen molar-refractivity contribution in [2.75, 3.05) is 0 Å². The van der Waals surface area contributed by atoms with Gasteiger partial charge in [0, 0.05) is 0 Å². The van der Waals surface area contributed by atoms with E-state index in [0.717, 1.165) is 23.9 Å². The highest BCUT2D eigenvalue weighted by Gasteiger charge is 2.40. The van der Waals surface area contributed by atoms with Crippen LogP contribution in [-0.4, -0.2) is 16.8 Å². The molecule has 24 heavy (non-hydrogen) atoms. The lowest BCUT2D eigenvalue weighted by Crippen LogP contribution is -2.50. The molecule has 0 saturated carbocycles. The van der Waals surface area contributed by atoms with Crippen LogP contribution in [-0.2, 0) is 4.46 Å². The van der Waals surface area contributed by atoms with Gasteiger partial charge in [-0.3, -0.25) is 0 Å². The number of benzene rings is 1. The Labute approximate surface area is 150 Å². The van der Waals surface area contributed by atoms with Gasteiger partial charge < -0.3 is 4.46 Å². The quantitative estimate of drug-likeness (QED) is 0.465. The van der Waals surface area contributed by atoms with Gasteiger partial charge in [-0.25, -0.2) is 0 Å².